The zero-order chi connectivity index (χ0) is 15.4. The maximum absolute atomic E-state index is 6.02. The van der Waals surface area contributed by atoms with Gasteiger partial charge in [0.1, 0.15) is 0 Å². The van der Waals surface area contributed by atoms with Crippen molar-refractivity contribution in [1.29, 1.82) is 0 Å². The van der Waals surface area contributed by atoms with Crippen LogP contribution < -0.4 is 9.47 Å². The van der Waals surface area contributed by atoms with Gasteiger partial charge in [0.2, 0.25) is 0 Å². The lowest BCUT2D eigenvalue weighted by Gasteiger charge is -2.15. The molecule has 0 aliphatic rings. The molecule has 0 saturated heterocycles. The molecule has 22 heavy (non-hydrogen) atoms. The van der Waals surface area contributed by atoms with Crippen LogP contribution in [0.25, 0.3) is 21.5 Å². The van der Waals surface area contributed by atoms with Crippen LogP contribution in [0.4, 0.5) is 0 Å². The molecule has 0 bridgehead atoms. The zero-order valence-electron chi connectivity index (χ0n) is 13.3. The topological polar surface area (TPSA) is 18.5 Å². The molecular weight excluding hydrogens is 272 g/mol. The van der Waals surface area contributed by atoms with E-state index in [1.54, 1.807) is 0 Å². The highest BCUT2D eigenvalue weighted by Crippen LogP contribution is 2.38. The van der Waals surface area contributed by atoms with Gasteiger partial charge in [0, 0.05) is 5.39 Å². The molecule has 0 fully saturated rings. The molecule has 0 aromatic heterocycles. The Balaban J connectivity index is 2.17. The Morgan fingerprint density at radius 3 is 2.14 bits per heavy atom. The fraction of sp³-hybridized carbons (Fsp3) is 0.300. The fourth-order valence-electron chi connectivity index (χ4n) is 2.65. The first-order chi connectivity index (χ1) is 10.8. The molecule has 0 aliphatic carbocycles. The van der Waals surface area contributed by atoms with Gasteiger partial charge in [-0.05, 0) is 47.2 Å². The molecule has 3 aromatic rings. The summed E-state index contributed by atoms with van der Waals surface area (Å²) in [7, 11) is 0. The highest BCUT2D eigenvalue weighted by molar-refractivity contribution is 6.01. The minimum atomic E-state index is 0.703. The van der Waals surface area contributed by atoms with Gasteiger partial charge in [-0.15, -0.1) is 0 Å². The van der Waals surface area contributed by atoms with Crippen LogP contribution in [0, 0.1) is 0 Å². The number of fused-ring (bicyclic) bond motifs is 2. The summed E-state index contributed by atoms with van der Waals surface area (Å²) in [5.41, 5.74) is 0. The van der Waals surface area contributed by atoms with Crippen LogP contribution in [-0.4, -0.2) is 13.2 Å². The van der Waals surface area contributed by atoms with E-state index in [1.807, 2.05) is 6.07 Å². The Labute approximate surface area is 131 Å². The molecule has 2 nitrogen and oxygen atoms in total. The average Bonchev–Trinajstić information content (AvgIpc) is 2.56. The third-order valence-corrected chi connectivity index (χ3v) is 3.71. The lowest BCUT2D eigenvalue weighted by molar-refractivity contribution is 0.271. The number of benzene rings is 3. The second-order valence-corrected chi connectivity index (χ2v) is 5.51. The van der Waals surface area contributed by atoms with Crippen molar-refractivity contribution < 1.29 is 9.47 Å². The molecule has 114 valence electrons. The van der Waals surface area contributed by atoms with E-state index >= 15 is 0 Å². The molecule has 3 aromatic carbocycles. The van der Waals surface area contributed by atoms with Crippen LogP contribution in [0.5, 0.6) is 11.5 Å². The van der Waals surface area contributed by atoms with Gasteiger partial charge < -0.3 is 9.47 Å². The van der Waals surface area contributed by atoms with Crippen LogP contribution >= 0.6 is 0 Å². The first-order valence-corrected chi connectivity index (χ1v) is 8.04. The van der Waals surface area contributed by atoms with E-state index in [0.29, 0.717) is 13.2 Å². The van der Waals surface area contributed by atoms with Gasteiger partial charge in [0.05, 0.1) is 13.2 Å². The third-order valence-electron chi connectivity index (χ3n) is 3.71. The number of rotatable bonds is 6. The number of hydrogen-bond donors (Lipinski definition) is 0. The summed E-state index contributed by atoms with van der Waals surface area (Å²) < 4.78 is 11.9. The SMILES string of the molecule is CCCOc1ccc2cc3ccccc3cc2c1OCCC. The normalized spacial score (nSPS) is 11.0. The van der Waals surface area contributed by atoms with E-state index < -0.39 is 0 Å². The van der Waals surface area contributed by atoms with Crippen molar-refractivity contribution in [1.82, 2.24) is 0 Å². The van der Waals surface area contributed by atoms with Crippen molar-refractivity contribution >= 4 is 21.5 Å². The van der Waals surface area contributed by atoms with Crippen molar-refractivity contribution in [3.63, 3.8) is 0 Å². The lowest BCUT2D eigenvalue weighted by Crippen LogP contribution is -2.01. The van der Waals surface area contributed by atoms with Crippen molar-refractivity contribution in [3.8, 4) is 11.5 Å². The van der Waals surface area contributed by atoms with Gasteiger partial charge in [0.25, 0.3) is 0 Å². The van der Waals surface area contributed by atoms with E-state index in [9.17, 15) is 0 Å². The maximum Gasteiger partial charge on any atom is 0.168 e. The first-order valence-electron chi connectivity index (χ1n) is 8.04. The van der Waals surface area contributed by atoms with Gasteiger partial charge in [0.15, 0.2) is 11.5 Å². The molecule has 0 unspecified atom stereocenters. The van der Waals surface area contributed by atoms with Crippen molar-refractivity contribution in [2.45, 2.75) is 26.7 Å². The van der Waals surface area contributed by atoms with Gasteiger partial charge in [-0.2, -0.15) is 0 Å². The molecule has 0 radical (unpaired) electrons. The molecule has 2 heteroatoms. The van der Waals surface area contributed by atoms with E-state index in [4.69, 9.17) is 9.47 Å². The van der Waals surface area contributed by atoms with E-state index in [2.05, 4.69) is 56.3 Å². The highest BCUT2D eigenvalue weighted by atomic mass is 16.5. The molecule has 0 amide bonds. The second kappa shape index (κ2) is 6.69. The molecule has 0 spiro atoms. The molecule has 0 aliphatic heterocycles. The van der Waals surface area contributed by atoms with Gasteiger partial charge in [-0.3, -0.25) is 0 Å². The second-order valence-electron chi connectivity index (χ2n) is 5.51. The largest absolute Gasteiger partial charge is 0.490 e. The molecule has 0 saturated carbocycles. The summed E-state index contributed by atoms with van der Waals surface area (Å²) in [5, 5.41) is 4.79. The molecule has 3 rings (SSSR count). The van der Waals surface area contributed by atoms with Crippen LogP contribution in [0.3, 0.4) is 0 Å². The van der Waals surface area contributed by atoms with Crippen molar-refractivity contribution in [2.24, 2.45) is 0 Å². The van der Waals surface area contributed by atoms with Gasteiger partial charge >= 0.3 is 0 Å². The summed E-state index contributed by atoms with van der Waals surface area (Å²) in [5.74, 6) is 1.72. The molecule has 0 N–H and O–H groups in total. The van der Waals surface area contributed by atoms with E-state index in [0.717, 1.165) is 29.7 Å². The Kier molecular flexibility index (Phi) is 4.47. The third kappa shape index (κ3) is 2.87. The minimum Gasteiger partial charge on any atom is -0.490 e. The fourth-order valence-corrected chi connectivity index (χ4v) is 2.65. The summed E-state index contributed by atoms with van der Waals surface area (Å²) in [6.45, 7) is 5.64. The monoisotopic (exact) mass is 294 g/mol. The number of hydrogen-bond acceptors (Lipinski definition) is 2. The summed E-state index contributed by atoms with van der Waals surface area (Å²) in [6.07, 6.45) is 1.97. The number of ether oxygens (including phenoxy) is 2. The summed E-state index contributed by atoms with van der Waals surface area (Å²) in [4.78, 5) is 0. The Morgan fingerprint density at radius 2 is 1.41 bits per heavy atom. The zero-order valence-corrected chi connectivity index (χ0v) is 13.3. The highest BCUT2D eigenvalue weighted by Gasteiger charge is 2.11. The predicted octanol–water partition coefficient (Wildman–Crippen LogP) is 5.57. The van der Waals surface area contributed by atoms with Crippen molar-refractivity contribution in [2.75, 3.05) is 13.2 Å². The van der Waals surface area contributed by atoms with E-state index in [-0.39, 0.29) is 0 Å². The van der Waals surface area contributed by atoms with Crippen molar-refractivity contribution in [3.05, 3.63) is 48.5 Å². The molecule has 0 atom stereocenters. The molecular formula is C20H22O2. The van der Waals surface area contributed by atoms with Crippen LogP contribution in [0.15, 0.2) is 48.5 Å². The minimum absolute atomic E-state index is 0.703. The van der Waals surface area contributed by atoms with Gasteiger partial charge in [-0.25, -0.2) is 0 Å². The van der Waals surface area contributed by atoms with Crippen LogP contribution in [-0.2, 0) is 0 Å². The first kappa shape index (κ1) is 14.7. The Hall–Kier alpha value is -2.22. The Bertz CT molecular complexity index is 777. The predicted molar refractivity (Wildman–Crippen MR) is 93.0 cm³/mol. The van der Waals surface area contributed by atoms with Crippen LogP contribution in [0.1, 0.15) is 26.7 Å². The Morgan fingerprint density at radius 1 is 0.727 bits per heavy atom. The van der Waals surface area contributed by atoms with E-state index in [1.165, 1.54) is 16.2 Å². The summed E-state index contributed by atoms with van der Waals surface area (Å²) in [6, 6.07) is 17.0. The summed E-state index contributed by atoms with van der Waals surface area (Å²) >= 11 is 0. The quantitative estimate of drug-likeness (QED) is 0.553. The average molecular weight is 294 g/mol. The lowest BCUT2D eigenvalue weighted by atomic mass is 10.0. The molecule has 0 heterocycles. The standard InChI is InChI=1S/C20H22O2/c1-3-11-21-19-10-9-17-13-15-7-5-6-8-16(15)14-18(17)20(19)22-12-4-2/h5-10,13-14H,3-4,11-12H2,1-2H3. The van der Waals surface area contributed by atoms with Crippen LogP contribution in [0.2, 0.25) is 0 Å². The smallest absolute Gasteiger partial charge is 0.168 e. The van der Waals surface area contributed by atoms with Gasteiger partial charge in [-0.1, -0.05) is 44.2 Å². The maximum atomic E-state index is 6.02.